The normalized spacial score (nSPS) is 10.6. The van der Waals surface area contributed by atoms with Gasteiger partial charge in [0, 0.05) is 11.6 Å². The molecule has 1 aromatic heterocycles. The van der Waals surface area contributed by atoms with Gasteiger partial charge >= 0.3 is 5.91 Å². The third-order valence-corrected chi connectivity index (χ3v) is 4.46. The smallest absolute Gasteiger partial charge is 0.310 e. The molecule has 156 valence electrons. The number of carbonyl (C=O) groups is 2. The molecule has 8 heteroatoms. The van der Waals surface area contributed by atoms with Crippen LogP contribution in [0.1, 0.15) is 47.1 Å². The van der Waals surface area contributed by atoms with Crippen molar-refractivity contribution in [3.05, 3.63) is 70.1 Å². The van der Waals surface area contributed by atoms with E-state index in [-0.39, 0.29) is 22.4 Å². The summed E-state index contributed by atoms with van der Waals surface area (Å²) in [5.41, 5.74) is 1.59. The Hall–Kier alpha value is -3.65. The van der Waals surface area contributed by atoms with E-state index in [0.717, 1.165) is 25.3 Å². The molecular formula is C22H22N2O6. The first-order valence-corrected chi connectivity index (χ1v) is 9.59. The number of carbonyl (C=O) groups excluding carboxylic acids is 2. The molecule has 0 saturated carbocycles. The number of anilines is 1. The van der Waals surface area contributed by atoms with Crippen LogP contribution in [0.3, 0.4) is 0 Å². The van der Waals surface area contributed by atoms with E-state index >= 15 is 0 Å². The molecule has 1 heterocycles. The molecule has 0 aliphatic rings. The van der Waals surface area contributed by atoms with Crippen molar-refractivity contribution < 1.29 is 24.0 Å². The van der Waals surface area contributed by atoms with Crippen LogP contribution in [-0.4, -0.2) is 23.6 Å². The fraction of sp³-hybridized carbons (Fsp3) is 0.227. The predicted octanol–water partition coefficient (Wildman–Crippen LogP) is 3.73. The molecule has 3 rings (SSSR count). The van der Waals surface area contributed by atoms with Gasteiger partial charge in [0.1, 0.15) is 5.75 Å². The molecule has 0 radical (unpaired) electrons. The van der Waals surface area contributed by atoms with Crippen molar-refractivity contribution in [2.24, 2.45) is 0 Å². The van der Waals surface area contributed by atoms with Gasteiger partial charge in [-0.05, 0) is 42.8 Å². The number of fused-ring (bicyclic) bond motifs is 1. The quantitative estimate of drug-likeness (QED) is 0.296. The molecule has 0 aliphatic carbocycles. The van der Waals surface area contributed by atoms with Gasteiger partial charge in [-0.3, -0.25) is 19.6 Å². The average Bonchev–Trinajstić information content (AvgIpc) is 2.77. The summed E-state index contributed by atoms with van der Waals surface area (Å²) in [6.07, 6.45) is 3.19. The first-order chi connectivity index (χ1) is 14.5. The molecule has 3 N–H and O–H groups in total. The molecular weight excluding hydrogens is 388 g/mol. The van der Waals surface area contributed by atoms with Crippen LogP contribution in [0.5, 0.6) is 5.75 Å². The fourth-order valence-electron chi connectivity index (χ4n) is 2.88. The number of hydrogen-bond donors (Lipinski definition) is 3. The van der Waals surface area contributed by atoms with Crippen LogP contribution in [-0.2, 0) is 0 Å². The number of unbranched alkanes of at least 4 members (excludes halogenated alkanes) is 2. The van der Waals surface area contributed by atoms with Crippen molar-refractivity contribution in [3.8, 4) is 5.75 Å². The van der Waals surface area contributed by atoms with Gasteiger partial charge in [0.2, 0.25) is 0 Å². The minimum absolute atomic E-state index is 0.0350. The van der Waals surface area contributed by atoms with E-state index in [0.29, 0.717) is 17.9 Å². The maximum absolute atomic E-state index is 12.6. The van der Waals surface area contributed by atoms with Crippen molar-refractivity contribution in [3.63, 3.8) is 0 Å². The molecule has 0 bridgehead atoms. The van der Waals surface area contributed by atoms with Crippen LogP contribution in [0, 0.1) is 0 Å². The van der Waals surface area contributed by atoms with Gasteiger partial charge in [0.25, 0.3) is 5.91 Å². The molecule has 0 spiro atoms. The molecule has 0 atom stereocenters. The second-order valence-corrected chi connectivity index (χ2v) is 6.63. The molecule has 3 aromatic rings. The van der Waals surface area contributed by atoms with Crippen molar-refractivity contribution in [1.29, 1.82) is 0 Å². The lowest BCUT2D eigenvalue weighted by molar-refractivity contribution is 0.0676. The highest BCUT2D eigenvalue weighted by Gasteiger charge is 2.15. The third-order valence-electron chi connectivity index (χ3n) is 4.46. The highest BCUT2D eigenvalue weighted by molar-refractivity contribution is 6.08. The topological polar surface area (TPSA) is 118 Å². The minimum Gasteiger partial charge on any atom is -0.494 e. The lowest BCUT2D eigenvalue weighted by Crippen LogP contribution is -2.20. The lowest BCUT2D eigenvalue weighted by atomic mass is 10.1. The van der Waals surface area contributed by atoms with Gasteiger partial charge in [-0.1, -0.05) is 25.8 Å². The van der Waals surface area contributed by atoms with Crippen LogP contribution in [0.25, 0.3) is 11.0 Å². The second kappa shape index (κ2) is 9.71. The Balaban J connectivity index is 1.80. The maximum atomic E-state index is 12.6. The van der Waals surface area contributed by atoms with Crippen molar-refractivity contribution in [1.82, 2.24) is 5.48 Å². The molecule has 30 heavy (non-hydrogen) atoms. The molecule has 2 amide bonds. The molecule has 0 aliphatic heterocycles. The highest BCUT2D eigenvalue weighted by atomic mass is 16.5. The predicted molar refractivity (Wildman–Crippen MR) is 111 cm³/mol. The van der Waals surface area contributed by atoms with Crippen molar-refractivity contribution in [2.45, 2.75) is 26.2 Å². The number of hydrogen-bond acceptors (Lipinski definition) is 6. The lowest BCUT2D eigenvalue weighted by Gasteiger charge is -2.10. The summed E-state index contributed by atoms with van der Waals surface area (Å²) < 4.78 is 11.1. The summed E-state index contributed by atoms with van der Waals surface area (Å²) in [6.45, 7) is 2.74. The van der Waals surface area contributed by atoms with Crippen LogP contribution in [0.2, 0.25) is 0 Å². The third kappa shape index (κ3) is 4.84. The second-order valence-electron chi connectivity index (χ2n) is 6.63. The van der Waals surface area contributed by atoms with E-state index in [4.69, 9.17) is 14.4 Å². The maximum Gasteiger partial charge on any atom is 0.310 e. The van der Waals surface area contributed by atoms with Gasteiger partial charge < -0.3 is 14.5 Å². The Morgan fingerprint density at radius 1 is 1.07 bits per heavy atom. The van der Waals surface area contributed by atoms with Gasteiger partial charge in [0.15, 0.2) is 16.8 Å². The number of ether oxygens (including phenoxy) is 1. The summed E-state index contributed by atoms with van der Waals surface area (Å²) in [7, 11) is 0. The van der Waals surface area contributed by atoms with Crippen LogP contribution in [0.15, 0.2) is 57.7 Å². The van der Waals surface area contributed by atoms with E-state index in [2.05, 4.69) is 12.2 Å². The monoisotopic (exact) mass is 410 g/mol. The summed E-state index contributed by atoms with van der Waals surface area (Å²) in [5, 5.41) is 11.7. The largest absolute Gasteiger partial charge is 0.494 e. The number of nitrogens with one attached hydrogen (secondary N) is 2. The molecule has 2 aromatic carbocycles. The number of rotatable bonds is 8. The van der Waals surface area contributed by atoms with Gasteiger partial charge in [-0.25, -0.2) is 5.48 Å². The number of para-hydroxylation sites is 1. The fourth-order valence-corrected chi connectivity index (χ4v) is 2.88. The zero-order valence-electron chi connectivity index (χ0n) is 16.4. The van der Waals surface area contributed by atoms with E-state index in [1.54, 1.807) is 36.4 Å². The number of hydroxylamine groups is 1. The molecule has 0 saturated heterocycles. The summed E-state index contributed by atoms with van der Waals surface area (Å²) in [5.74, 6) is -1.08. The Bertz CT molecular complexity index is 1100. The Labute approximate surface area is 172 Å². The van der Waals surface area contributed by atoms with Crippen LogP contribution < -0.4 is 21.0 Å². The molecule has 0 fully saturated rings. The minimum atomic E-state index is -0.968. The number of amides is 2. The first-order valence-electron chi connectivity index (χ1n) is 9.59. The zero-order chi connectivity index (χ0) is 21.5. The van der Waals surface area contributed by atoms with E-state index in [9.17, 15) is 14.4 Å². The Kier molecular flexibility index (Phi) is 6.82. The highest BCUT2D eigenvalue weighted by Crippen LogP contribution is 2.23. The Morgan fingerprint density at radius 3 is 2.53 bits per heavy atom. The Morgan fingerprint density at radius 2 is 1.83 bits per heavy atom. The summed E-state index contributed by atoms with van der Waals surface area (Å²) >= 11 is 0. The van der Waals surface area contributed by atoms with Crippen LogP contribution in [0.4, 0.5) is 5.69 Å². The van der Waals surface area contributed by atoms with Gasteiger partial charge in [-0.15, -0.1) is 0 Å². The molecule has 8 nitrogen and oxygen atoms in total. The molecule has 0 unspecified atom stereocenters. The zero-order valence-corrected chi connectivity index (χ0v) is 16.4. The first kappa shape index (κ1) is 21.1. The van der Waals surface area contributed by atoms with Gasteiger partial charge in [0.05, 0.1) is 17.7 Å². The summed E-state index contributed by atoms with van der Waals surface area (Å²) in [4.78, 5) is 36.5. The van der Waals surface area contributed by atoms with Crippen molar-refractivity contribution in [2.75, 3.05) is 11.9 Å². The SMILES string of the molecule is CCCCCOc1ccc(C(=O)Nc2cccc3c(=O)cc(C(=O)NO)oc23)cc1. The average molecular weight is 410 g/mol. The number of benzene rings is 2. The van der Waals surface area contributed by atoms with E-state index in [1.807, 2.05) is 0 Å². The van der Waals surface area contributed by atoms with E-state index in [1.165, 1.54) is 11.5 Å². The van der Waals surface area contributed by atoms with E-state index < -0.39 is 17.2 Å². The van der Waals surface area contributed by atoms with Gasteiger partial charge in [-0.2, -0.15) is 0 Å². The van der Waals surface area contributed by atoms with Crippen molar-refractivity contribution >= 4 is 28.5 Å². The standard InChI is InChI=1S/C22H22N2O6/c1-2-3-4-12-29-15-10-8-14(9-11-15)21(26)23-17-7-5-6-16-18(25)13-19(22(27)24-28)30-20(16)17/h5-11,13,28H,2-4,12H2,1H3,(H,23,26)(H,24,27). The summed E-state index contributed by atoms with van der Waals surface area (Å²) in [6, 6.07) is 12.3. The van der Waals surface area contributed by atoms with Crippen LogP contribution >= 0.6 is 0 Å².